The van der Waals surface area contributed by atoms with Crippen molar-refractivity contribution < 1.29 is 24.3 Å². The molecule has 88 valence electrons. The van der Waals surface area contributed by atoms with Gasteiger partial charge in [0.1, 0.15) is 0 Å². The number of aromatic nitrogens is 2. The molecular formula is C10H8N2O5. The number of aromatic carboxylic acids is 1. The van der Waals surface area contributed by atoms with E-state index in [0.29, 0.717) is 11.3 Å². The van der Waals surface area contributed by atoms with Gasteiger partial charge < -0.3 is 19.5 Å². The van der Waals surface area contributed by atoms with Gasteiger partial charge in [-0.05, 0) is 18.2 Å². The molecule has 0 saturated heterocycles. The van der Waals surface area contributed by atoms with Crippen LogP contribution in [0.5, 0.6) is 11.5 Å². The van der Waals surface area contributed by atoms with Gasteiger partial charge in [0.15, 0.2) is 11.5 Å². The number of aromatic hydroxyl groups is 1. The lowest BCUT2D eigenvalue weighted by molar-refractivity contribution is 0.0643. The number of methoxy groups -OCH3 is 1. The SMILES string of the molecule is COc1ccc(-c2noc(C(=O)O)n2)cc1O. The van der Waals surface area contributed by atoms with E-state index in [0.717, 1.165) is 0 Å². The maximum Gasteiger partial charge on any atom is 0.394 e. The van der Waals surface area contributed by atoms with E-state index in [9.17, 15) is 9.90 Å². The van der Waals surface area contributed by atoms with Crippen LogP contribution in [-0.2, 0) is 0 Å². The number of carbonyl (C=O) groups is 1. The second-order valence-corrected chi connectivity index (χ2v) is 3.11. The fraction of sp³-hybridized carbons (Fsp3) is 0.100. The molecule has 2 N–H and O–H groups in total. The maximum absolute atomic E-state index is 10.5. The lowest BCUT2D eigenvalue weighted by Crippen LogP contribution is -1.95. The van der Waals surface area contributed by atoms with Gasteiger partial charge in [0.25, 0.3) is 0 Å². The van der Waals surface area contributed by atoms with Crippen molar-refractivity contribution in [1.29, 1.82) is 0 Å². The fourth-order valence-corrected chi connectivity index (χ4v) is 1.26. The number of ether oxygens (including phenoxy) is 1. The average molecular weight is 236 g/mol. The molecule has 17 heavy (non-hydrogen) atoms. The number of phenols is 1. The third-order valence-corrected chi connectivity index (χ3v) is 2.05. The molecule has 7 heteroatoms. The van der Waals surface area contributed by atoms with Gasteiger partial charge in [0, 0.05) is 5.56 Å². The fourth-order valence-electron chi connectivity index (χ4n) is 1.26. The Kier molecular flexibility index (Phi) is 2.65. The predicted octanol–water partition coefficient (Wildman–Crippen LogP) is 1.15. The van der Waals surface area contributed by atoms with E-state index < -0.39 is 11.9 Å². The van der Waals surface area contributed by atoms with Crippen molar-refractivity contribution in [3.05, 3.63) is 24.1 Å². The summed E-state index contributed by atoms with van der Waals surface area (Å²) in [5, 5.41) is 21.6. The Morgan fingerprint density at radius 2 is 2.24 bits per heavy atom. The number of phenolic OH excluding ortho intramolecular Hbond substituents is 1. The third-order valence-electron chi connectivity index (χ3n) is 2.05. The number of benzene rings is 1. The Balaban J connectivity index is 2.39. The van der Waals surface area contributed by atoms with Crippen LogP contribution in [0.4, 0.5) is 0 Å². The smallest absolute Gasteiger partial charge is 0.394 e. The zero-order chi connectivity index (χ0) is 12.4. The highest BCUT2D eigenvalue weighted by atomic mass is 16.5. The van der Waals surface area contributed by atoms with Gasteiger partial charge in [0.2, 0.25) is 5.82 Å². The molecule has 0 saturated carbocycles. The van der Waals surface area contributed by atoms with Crippen LogP contribution < -0.4 is 4.74 Å². The van der Waals surface area contributed by atoms with Crippen LogP contribution >= 0.6 is 0 Å². The van der Waals surface area contributed by atoms with Gasteiger partial charge in [-0.3, -0.25) is 0 Å². The topological polar surface area (TPSA) is 106 Å². The van der Waals surface area contributed by atoms with E-state index in [4.69, 9.17) is 9.84 Å². The standard InChI is InChI=1S/C10H8N2O5/c1-16-7-3-2-5(4-6(7)13)8-11-9(10(14)15)17-12-8/h2-4,13H,1H3,(H,14,15). The predicted molar refractivity (Wildman–Crippen MR) is 54.9 cm³/mol. The molecule has 1 aromatic carbocycles. The highest BCUT2D eigenvalue weighted by molar-refractivity contribution is 5.82. The Labute approximate surface area is 95.3 Å². The Bertz CT molecular complexity index is 564. The van der Waals surface area contributed by atoms with E-state index in [1.54, 1.807) is 6.07 Å². The second kappa shape index (κ2) is 4.12. The van der Waals surface area contributed by atoms with Crippen molar-refractivity contribution in [2.75, 3.05) is 7.11 Å². The molecule has 7 nitrogen and oxygen atoms in total. The molecule has 0 aliphatic carbocycles. The van der Waals surface area contributed by atoms with Crippen LogP contribution in [0.15, 0.2) is 22.7 Å². The summed E-state index contributed by atoms with van der Waals surface area (Å²) in [7, 11) is 1.42. The Hall–Kier alpha value is -2.57. The van der Waals surface area contributed by atoms with E-state index in [-0.39, 0.29) is 11.6 Å². The van der Waals surface area contributed by atoms with E-state index in [1.165, 1.54) is 19.2 Å². The molecule has 0 amide bonds. The first kappa shape index (κ1) is 10.9. The van der Waals surface area contributed by atoms with Crippen LogP contribution in [0.3, 0.4) is 0 Å². The highest BCUT2D eigenvalue weighted by Gasteiger charge is 2.15. The summed E-state index contributed by atoms with van der Waals surface area (Å²) in [6.07, 6.45) is 0. The summed E-state index contributed by atoms with van der Waals surface area (Å²) in [5.41, 5.74) is 0.430. The first-order valence-corrected chi connectivity index (χ1v) is 4.56. The summed E-state index contributed by atoms with van der Waals surface area (Å²) in [5.74, 6) is -1.51. The van der Waals surface area contributed by atoms with E-state index >= 15 is 0 Å². The molecule has 1 heterocycles. The van der Waals surface area contributed by atoms with Crippen molar-refractivity contribution >= 4 is 5.97 Å². The Morgan fingerprint density at radius 3 is 2.76 bits per heavy atom. The van der Waals surface area contributed by atoms with Crippen LogP contribution in [0.1, 0.15) is 10.7 Å². The van der Waals surface area contributed by atoms with Crippen LogP contribution in [-0.4, -0.2) is 33.4 Å². The molecule has 0 aliphatic rings. The monoisotopic (exact) mass is 236 g/mol. The summed E-state index contributed by atoms with van der Waals surface area (Å²) in [4.78, 5) is 14.2. The quantitative estimate of drug-likeness (QED) is 0.823. The molecule has 0 fully saturated rings. The maximum atomic E-state index is 10.5. The van der Waals surface area contributed by atoms with Gasteiger partial charge >= 0.3 is 11.9 Å². The van der Waals surface area contributed by atoms with E-state index in [2.05, 4.69) is 14.7 Å². The van der Waals surface area contributed by atoms with Crippen LogP contribution in [0.25, 0.3) is 11.4 Å². The van der Waals surface area contributed by atoms with Crippen LogP contribution in [0.2, 0.25) is 0 Å². The van der Waals surface area contributed by atoms with Gasteiger partial charge in [-0.25, -0.2) is 4.79 Å². The minimum Gasteiger partial charge on any atom is -0.504 e. The number of carboxylic acid groups (broad SMARTS) is 1. The molecule has 0 spiro atoms. The van der Waals surface area contributed by atoms with Gasteiger partial charge in [-0.1, -0.05) is 5.16 Å². The summed E-state index contributed by atoms with van der Waals surface area (Å²) < 4.78 is 9.37. The highest BCUT2D eigenvalue weighted by Crippen LogP contribution is 2.29. The second-order valence-electron chi connectivity index (χ2n) is 3.11. The molecule has 1 aromatic heterocycles. The molecule has 0 atom stereocenters. The first-order chi connectivity index (χ1) is 8.11. The van der Waals surface area contributed by atoms with Crippen molar-refractivity contribution in [2.24, 2.45) is 0 Å². The molecule has 0 unspecified atom stereocenters. The van der Waals surface area contributed by atoms with Crippen molar-refractivity contribution in [2.45, 2.75) is 0 Å². The lowest BCUT2D eigenvalue weighted by Gasteiger charge is -2.03. The minimum atomic E-state index is -1.30. The lowest BCUT2D eigenvalue weighted by atomic mass is 10.2. The molecule has 0 radical (unpaired) electrons. The van der Waals surface area contributed by atoms with Crippen molar-refractivity contribution in [3.8, 4) is 22.9 Å². The number of rotatable bonds is 3. The number of hydrogen-bond acceptors (Lipinski definition) is 6. The molecule has 0 aliphatic heterocycles. The zero-order valence-corrected chi connectivity index (χ0v) is 8.75. The third kappa shape index (κ3) is 2.03. The molecular weight excluding hydrogens is 228 g/mol. The van der Waals surface area contributed by atoms with Crippen molar-refractivity contribution in [3.63, 3.8) is 0 Å². The number of nitrogens with zero attached hydrogens (tertiary/aromatic N) is 2. The zero-order valence-electron chi connectivity index (χ0n) is 8.75. The largest absolute Gasteiger partial charge is 0.504 e. The average Bonchev–Trinajstić information content (AvgIpc) is 2.78. The van der Waals surface area contributed by atoms with Gasteiger partial charge in [0.05, 0.1) is 7.11 Å². The summed E-state index contributed by atoms with van der Waals surface area (Å²) in [6.45, 7) is 0. The molecule has 0 bridgehead atoms. The van der Waals surface area contributed by atoms with Crippen molar-refractivity contribution in [1.82, 2.24) is 10.1 Å². The molecule has 2 rings (SSSR count). The van der Waals surface area contributed by atoms with E-state index in [1.807, 2.05) is 0 Å². The van der Waals surface area contributed by atoms with Gasteiger partial charge in [-0.2, -0.15) is 4.98 Å². The first-order valence-electron chi connectivity index (χ1n) is 4.56. The summed E-state index contributed by atoms with van der Waals surface area (Å²) >= 11 is 0. The minimum absolute atomic E-state index is 0.0837. The number of carboxylic acids is 1. The van der Waals surface area contributed by atoms with Gasteiger partial charge in [-0.15, -0.1) is 0 Å². The Morgan fingerprint density at radius 1 is 1.47 bits per heavy atom. The number of hydrogen-bond donors (Lipinski definition) is 2. The molecule has 2 aromatic rings. The van der Waals surface area contributed by atoms with Crippen LogP contribution in [0, 0.1) is 0 Å². The normalized spacial score (nSPS) is 10.2. The summed E-state index contributed by atoms with van der Waals surface area (Å²) in [6, 6.07) is 4.45.